The van der Waals surface area contributed by atoms with Crippen molar-refractivity contribution in [3.63, 3.8) is 0 Å². The molecule has 7 heteroatoms. The van der Waals surface area contributed by atoms with Crippen molar-refractivity contribution in [2.45, 2.75) is 24.9 Å². The second-order valence-corrected chi connectivity index (χ2v) is 4.39. The van der Waals surface area contributed by atoms with Crippen LogP contribution in [0.25, 0.3) is 0 Å². The topological polar surface area (TPSA) is 98.3 Å². The number of carbonyl (C=O) groups is 3. The number of carbonyl (C=O) groups excluding carboxylic acids is 3. The number of amides is 2. The third-order valence-corrected chi connectivity index (χ3v) is 2.92. The Hall–Kier alpha value is -1.37. The number of nitrogens with one attached hydrogen (secondary N) is 2. The molecule has 2 atom stereocenters. The minimum Gasteiger partial charge on any atom is -0.550 e. The number of hydrogen-bond acceptors (Lipinski definition) is 4. The third kappa shape index (κ3) is 4.33. The molecule has 6 nitrogen and oxygen atoms in total. The Labute approximate surface area is 138 Å². The maximum absolute atomic E-state index is 11.8. The normalized spacial score (nSPS) is 21.4. The van der Waals surface area contributed by atoms with E-state index in [0.29, 0.717) is 6.42 Å². The van der Waals surface area contributed by atoms with E-state index in [1.54, 1.807) is 0 Å². The zero-order valence-corrected chi connectivity index (χ0v) is 13.1. The second-order valence-electron chi connectivity index (χ2n) is 4.39. The van der Waals surface area contributed by atoms with Gasteiger partial charge in [0.05, 0.1) is 0 Å². The number of aliphatic carboxylic acids is 1. The van der Waals surface area contributed by atoms with E-state index >= 15 is 0 Å². The first kappa shape index (κ1) is 16.7. The van der Waals surface area contributed by atoms with Crippen LogP contribution in [0.2, 0.25) is 0 Å². The molecule has 20 heavy (non-hydrogen) atoms. The molecule has 0 bridgehead atoms. The van der Waals surface area contributed by atoms with Crippen LogP contribution in [-0.4, -0.2) is 29.9 Å². The van der Waals surface area contributed by atoms with Gasteiger partial charge in [0.1, 0.15) is 12.1 Å². The van der Waals surface area contributed by atoms with Crippen LogP contribution in [0.15, 0.2) is 30.3 Å². The molecular weight excluding hydrogens is 271 g/mol. The number of benzene rings is 1. The van der Waals surface area contributed by atoms with E-state index in [1.165, 1.54) is 0 Å². The SMILES string of the molecule is O=C([O-])CC1NC(=O)C(Cc2ccccc2)NC1=O.[Na+]. The van der Waals surface area contributed by atoms with Gasteiger partial charge in [0.15, 0.2) is 0 Å². The molecule has 0 spiro atoms. The molecule has 0 aromatic heterocycles. The molecule has 2 N–H and O–H groups in total. The molecule has 100 valence electrons. The molecule has 0 saturated carbocycles. The van der Waals surface area contributed by atoms with Gasteiger partial charge in [0, 0.05) is 18.8 Å². The molecule has 0 radical (unpaired) electrons. The molecule has 1 fully saturated rings. The van der Waals surface area contributed by atoms with Crippen molar-refractivity contribution < 1.29 is 49.0 Å². The summed E-state index contributed by atoms with van der Waals surface area (Å²) in [5.74, 6) is -2.25. The van der Waals surface area contributed by atoms with Crippen LogP contribution in [0.5, 0.6) is 0 Å². The zero-order chi connectivity index (χ0) is 13.8. The molecule has 1 aliphatic heterocycles. The molecule has 1 saturated heterocycles. The van der Waals surface area contributed by atoms with Crippen molar-refractivity contribution in [2.24, 2.45) is 0 Å². The van der Waals surface area contributed by atoms with Crippen LogP contribution >= 0.6 is 0 Å². The van der Waals surface area contributed by atoms with Gasteiger partial charge in [-0.05, 0) is 5.56 Å². The van der Waals surface area contributed by atoms with Crippen LogP contribution < -0.4 is 45.3 Å². The summed E-state index contributed by atoms with van der Waals surface area (Å²) >= 11 is 0. The number of piperazine rings is 1. The summed E-state index contributed by atoms with van der Waals surface area (Å²) < 4.78 is 0. The summed E-state index contributed by atoms with van der Waals surface area (Å²) in [6.07, 6.45) is -0.147. The van der Waals surface area contributed by atoms with Gasteiger partial charge in [-0.15, -0.1) is 0 Å². The molecule has 0 aliphatic carbocycles. The Kier molecular flexibility index (Phi) is 6.19. The molecule has 2 amide bonds. The maximum Gasteiger partial charge on any atom is 1.00 e. The molecule has 1 aromatic carbocycles. The Morgan fingerprint density at radius 3 is 2.20 bits per heavy atom. The smallest absolute Gasteiger partial charge is 0.550 e. The predicted octanol–water partition coefficient (Wildman–Crippen LogP) is -4.64. The fourth-order valence-corrected chi connectivity index (χ4v) is 1.98. The first-order chi connectivity index (χ1) is 9.06. The van der Waals surface area contributed by atoms with E-state index in [2.05, 4.69) is 10.6 Å². The van der Waals surface area contributed by atoms with Gasteiger partial charge >= 0.3 is 29.6 Å². The fourth-order valence-electron chi connectivity index (χ4n) is 1.98. The number of carboxylic acids is 1. The van der Waals surface area contributed by atoms with Crippen molar-refractivity contribution in [1.82, 2.24) is 10.6 Å². The van der Waals surface area contributed by atoms with E-state index in [9.17, 15) is 19.5 Å². The number of carboxylic acid groups (broad SMARTS) is 1. The van der Waals surface area contributed by atoms with E-state index in [-0.39, 0.29) is 35.5 Å². The summed E-state index contributed by atoms with van der Waals surface area (Å²) in [7, 11) is 0. The van der Waals surface area contributed by atoms with Crippen molar-refractivity contribution in [2.75, 3.05) is 0 Å². The van der Waals surface area contributed by atoms with Gasteiger partial charge in [-0.25, -0.2) is 0 Å². The average Bonchev–Trinajstić information content (AvgIpc) is 2.36. The van der Waals surface area contributed by atoms with Crippen LogP contribution in [0, 0.1) is 0 Å². The van der Waals surface area contributed by atoms with Crippen molar-refractivity contribution in [1.29, 1.82) is 0 Å². The largest absolute Gasteiger partial charge is 1.00 e. The first-order valence-electron chi connectivity index (χ1n) is 5.91. The summed E-state index contributed by atoms with van der Waals surface area (Å²) in [6.45, 7) is 0. The van der Waals surface area contributed by atoms with Crippen molar-refractivity contribution in [3.05, 3.63) is 35.9 Å². The molecule has 1 aromatic rings. The van der Waals surface area contributed by atoms with Gasteiger partial charge in [-0.2, -0.15) is 0 Å². The summed E-state index contributed by atoms with van der Waals surface area (Å²) in [6, 6.07) is 7.53. The van der Waals surface area contributed by atoms with E-state index in [1.807, 2.05) is 30.3 Å². The minimum absolute atomic E-state index is 0. The maximum atomic E-state index is 11.8. The van der Waals surface area contributed by atoms with Crippen LogP contribution in [0.4, 0.5) is 0 Å². The van der Waals surface area contributed by atoms with Crippen molar-refractivity contribution in [3.8, 4) is 0 Å². The van der Waals surface area contributed by atoms with Gasteiger partial charge in [-0.1, -0.05) is 30.3 Å². The van der Waals surface area contributed by atoms with Gasteiger partial charge < -0.3 is 20.5 Å². The Bertz CT molecular complexity index is 506. The quantitative estimate of drug-likeness (QED) is 0.543. The first-order valence-corrected chi connectivity index (χ1v) is 5.91. The standard InChI is InChI=1S/C13H14N2O4.Na/c16-11(17)7-10-13(19)14-9(12(18)15-10)6-8-4-2-1-3-5-8;/h1-5,9-10H,6-7H2,(H,14,19)(H,15,18)(H,16,17);/q;+1/p-1. The summed E-state index contributed by atoms with van der Waals surface area (Å²) in [5.41, 5.74) is 0.918. The van der Waals surface area contributed by atoms with E-state index in [0.717, 1.165) is 5.56 Å². The molecule has 2 unspecified atom stereocenters. The average molecular weight is 284 g/mol. The summed E-state index contributed by atoms with van der Waals surface area (Å²) in [5, 5.41) is 15.4. The fraction of sp³-hybridized carbons (Fsp3) is 0.308. The van der Waals surface area contributed by atoms with Gasteiger partial charge in [0.25, 0.3) is 0 Å². The predicted molar refractivity (Wildman–Crippen MR) is 63.6 cm³/mol. The van der Waals surface area contributed by atoms with E-state index < -0.39 is 30.4 Å². The summed E-state index contributed by atoms with van der Waals surface area (Å²) in [4.78, 5) is 33.9. The van der Waals surface area contributed by atoms with E-state index in [4.69, 9.17) is 0 Å². The number of hydrogen-bond donors (Lipinski definition) is 2. The third-order valence-electron chi connectivity index (χ3n) is 2.92. The van der Waals surface area contributed by atoms with Gasteiger partial charge in [0.2, 0.25) is 11.8 Å². The Morgan fingerprint density at radius 2 is 1.60 bits per heavy atom. The Morgan fingerprint density at radius 1 is 1.05 bits per heavy atom. The molecular formula is C13H13N2NaO4. The van der Waals surface area contributed by atoms with Crippen LogP contribution in [0.1, 0.15) is 12.0 Å². The Balaban J connectivity index is 0.00000200. The molecule has 1 heterocycles. The number of rotatable bonds is 4. The van der Waals surface area contributed by atoms with Gasteiger partial charge in [-0.3, -0.25) is 9.59 Å². The molecule has 2 rings (SSSR count). The zero-order valence-electron chi connectivity index (χ0n) is 11.1. The molecule has 1 aliphatic rings. The van der Waals surface area contributed by atoms with Crippen LogP contribution in [0.3, 0.4) is 0 Å². The monoisotopic (exact) mass is 284 g/mol. The van der Waals surface area contributed by atoms with Crippen LogP contribution in [-0.2, 0) is 20.8 Å². The minimum atomic E-state index is -1.37. The van der Waals surface area contributed by atoms with Crippen molar-refractivity contribution >= 4 is 17.8 Å². The second kappa shape index (κ2) is 7.42.